The number of hydrogen-bond donors (Lipinski definition) is 2. The molecular weight excluding hydrogens is 430 g/mol. The quantitative estimate of drug-likeness (QED) is 0.361. The van der Waals surface area contributed by atoms with E-state index in [9.17, 15) is 15.2 Å². The molecule has 0 aliphatic rings. The Labute approximate surface area is 186 Å². The van der Waals surface area contributed by atoms with Gasteiger partial charge in [0.15, 0.2) is 5.75 Å². The third-order valence-corrected chi connectivity index (χ3v) is 6.11. The average molecular weight is 444 g/mol. The van der Waals surface area contributed by atoms with Crippen LogP contribution in [0.25, 0.3) is 39.0 Å². The number of benzene rings is 2. The molecular formula is C24H14ClN3O2S. The van der Waals surface area contributed by atoms with Gasteiger partial charge in [-0.15, -0.1) is 0 Å². The number of rotatable bonds is 3. The molecule has 0 unspecified atom stereocenters. The second-order valence-corrected chi connectivity index (χ2v) is 8.16. The van der Waals surface area contributed by atoms with Crippen molar-refractivity contribution < 1.29 is 5.11 Å². The van der Waals surface area contributed by atoms with E-state index in [-0.39, 0.29) is 11.3 Å². The van der Waals surface area contributed by atoms with Gasteiger partial charge in [-0.1, -0.05) is 35.9 Å². The largest absolute Gasteiger partial charge is 0.505 e. The Morgan fingerprint density at radius 3 is 2.55 bits per heavy atom. The summed E-state index contributed by atoms with van der Waals surface area (Å²) in [6, 6.07) is 20.1. The van der Waals surface area contributed by atoms with Gasteiger partial charge in [-0.05, 0) is 63.8 Å². The zero-order chi connectivity index (χ0) is 21.5. The van der Waals surface area contributed by atoms with Crippen LogP contribution in [-0.4, -0.2) is 14.7 Å². The Balaban J connectivity index is 1.72. The van der Waals surface area contributed by atoms with E-state index in [4.69, 9.17) is 11.6 Å². The maximum atomic E-state index is 12.7. The molecule has 150 valence electrons. The maximum Gasteiger partial charge on any atom is 0.260 e. The second kappa shape index (κ2) is 7.47. The van der Waals surface area contributed by atoms with Gasteiger partial charge < -0.3 is 10.1 Å². The summed E-state index contributed by atoms with van der Waals surface area (Å²) in [6.07, 6.45) is 0. The number of halogens is 1. The van der Waals surface area contributed by atoms with Crippen molar-refractivity contribution in [1.29, 1.82) is 5.26 Å². The fraction of sp³-hybridized carbons (Fsp3) is 0. The Bertz CT molecular complexity index is 1520. The number of pyridine rings is 1. The molecule has 5 rings (SSSR count). The maximum absolute atomic E-state index is 12.7. The number of fused-ring (bicyclic) bond motifs is 1. The van der Waals surface area contributed by atoms with Crippen LogP contribution in [0.15, 0.2) is 76.2 Å². The molecule has 7 heteroatoms. The molecule has 0 radical (unpaired) electrons. The molecule has 0 aliphatic carbocycles. The van der Waals surface area contributed by atoms with E-state index in [0.29, 0.717) is 27.3 Å². The Kier molecular flexibility index (Phi) is 4.63. The number of nitrogens with zero attached hydrogens (tertiary/aromatic N) is 2. The third-order valence-electron chi connectivity index (χ3n) is 5.15. The summed E-state index contributed by atoms with van der Waals surface area (Å²) in [5.74, 6) is -0.192. The molecule has 0 aliphatic heterocycles. The molecule has 2 aromatic carbocycles. The molecule has 0 atom stereocenters. The second-order valence-electron chi connectivity index (χ2n) is 6.99. The summed E-state index contributed by atoms with van der Waals surface area (Å²) in [7, 11) is 0. The lowest BCUT2D eigenvalue weighted by atomic mass is 10.0. The van der Waals surface area contributed by atoms with Crippen LogP contribution in [0.4, 0.5) is 0 Å². The van der Waals surface area contributed by atoms with Crippen molar-refractivity contribution in [3.63, 3.8) is 0 Å². The van der Waals surface area contributed by atoms with Gasteiger partial charge in [-0.25, -0.2) is 0 Å². The van der Waals surface area contributed by atoms with E-state index in [0.717, 1.165) is 16.8 Å². The van der Waals surface area contributed by atoms with Crippen LogP contribution in [0.2, 0.25) is 5.15 Å². The Morgan fingerprint density at radius 1 is 1.03 bits per heavy atom. The molecule has 3 heterocycles. The standard InChI is InChI=1S/C24H14ClN3O2S/c25-20-11-19-22(28(20)18-6-4-15(5-7-18)17-8-9-31-13-17)23(29)21(24(30)27-19)16-3-1-2-14(10-16)12-26/h1-11,13H,(H2,27,29,30). The molecule has 5 aromatic rings. The molecule has 3 aromatic heterocycles. The van der Waals surface area contributed by atoms with E-state index >= 15 is 0 Å². The first-order valence-corrected chi connectivity index (χ1v) is 10.7. The highest BCUT2D eigenvalue weighted by Crippen LogP contribution is 2.37. The van der Waals surface area contributed by atoms with Crippen molar-refractivity contribution in [2.45, 2.75) is 0 Å². The lowest BCUT2D eigenvalue weighted by Crippen LogP contribution is -2.10. The summed E-state index contributed by atoms with van der Waals surface area (Å²) < 4.78 is 1.69. The Morgan fingerprint density at radius 2 is 1.84 bits per heavy atom. The van der Waals surface area contributed by atoms with Crippen molar-refractivity contribution in [1.82, 2.24) is 9.55 Å². The summed E-state index contributed by atoms with van der Waals surface area (Å²) >= 11 is 8.13. The molecule has 0 fully saturated rings. The summed E-state index contributed by atoms with van der Waals surface area (Å²) in [6.45, 7) is 0. The SMILES string of the molecule is N#Cc1cccc(-c2c(O)c3c(cc(Cl)n3-c3ccc(-c4ccsc4)cc3)[nH]c2=O)c1. The van der Waals surface area contributed by atoms with Crippen LogP contribution in [0.1, 0.15) is 5.56 Å². The number of thiophene rings is 1. The summed E-state index contributed by atoms with van der Waals surface area (Å²) in [5.41, 5.74) is 4.26. The summed E-state index contributed by atoms with van der Waals surface area (Å²) in [5, 5.41) is 24.8. The molecule has 2 N–H and O–H groups in total. The van der Waals surface area contributed by atoms with Gasteiger partial charge in [0, 0.05) is 5.69 Å². The van der Waals surface area contributed by atoms with Crippen LogP contribution in [0.5, 0.6) is 5.75 Å². The van der Waals surface area contributed by atoms with Crippen LogP contribution in [0.3, 0.4) is 0 Å². The van der Waals surface area contributed by atoms with Crippen molar-refractivity contribution in [2.24, 2.45) is 0 Å². The topological polar surface area (TPSA) is 81.8 Å². The van der Waals surface area contributed by atoms with Crippen molar-refractivity contribution >= 4 is 34.0 Å². The summed E-state index contributed by atoms with van der Waals surface area (Å²) in [4.78, 5) is 15.5. The van der Waals surface area contributed by atoms with Gasteiger partial charge in [0.25, 0.3) is 5.56 Å². The van der Waals surface area contributed by atoms with Gasteiger partial charge in [0.1, 0.15) is 10.7 Å². The van der Waals surface area contributed by atoms with Crippen molar-refractivity contribution in [3.8, 4) is 39.8 Å². The fourth-order valence-electron chi connectivity index (χ4n) is 3.71. The number of aromatic nitrogens is 2. The molecule has 0 spiro atoms. The van der Waals surface area contributed by atoms with Crippen LogP contribution >= 0.6 is 22.9 Å². The van der Waals surface area contributed by atoms with Gasteiger partial charge in [-0.3, -0.25) is 9.36 Å². The molecule has 0 saturated carbocycles. The average Bonchev–Trinajstić information content (AvgIpc) is 3.42. The predicted octanol–water partition coefficient (Wildman–Crippen LogP) is 5.94. The first-order valence-electron chi connectivity index (χ1n) is 9.36. The number of hydrogen-bond acceptors (Lipinski definition) is 4. The van der Waals surface area contributed by atoms with Gasteiger partial charge in [-0.2, -0.15) is 16.6 Å². The zero-order valence-corrected chi connectivity index (χ0v) is 17.5. The van der Waals surface area contributed by atoms with Crippen LogP contribution < -0.4 is 5.56 Å². The number of H-pyrrole nitrogens is 1. The number of aromatic amines is 1. The highest BCUT2D eigenvalue weighted by atomic mass is 35.5. The fourth-order valence-corrected chi connectivity index (χ4v) is 4.67. The van der Waals surface area contributed by atoms with Gasteiger partial charge in [0.05, 0.1) is 22.7 Å². The van der Waals surface area contributed by atoms with E-state index in [1.165, 1.54) is 0 Å². The van der Waals surface area contributed by atoms with Crippen LogP contribution in [-0.2, 0) is 0 Å². The molecule has 0 amide bonds. The molecule has 0 bridgehead atoms. The van der Waals surface area contributed by atoms with E-state index in [2.05, 4.69) is 22.5 Å². The van der Waals surface area contributed by atoms with Crippen LogP contribution in [0, 0.1) is 11.3 Å². The smallest absolute Gasteiger partial charge is 0.260 e. The Hall–Kier alpha value is -3.79. The number of nitriles is 1. The monoisotopic (exact) mass is 443 g/mol. The van der Waals surface area contributed by atoms with Crippen molar-refractivity contribution in [3.05, 3.63) is 92.5 Å². The highest BCUT2D eigenvalue weighted by Gasteiger charge is 2.20. The van der Waals surface area contributed by atoms with Crippen molar-refractivity contribution in [2.75, 3.05) is 0 Å². The number of nitrogens with one attached hydrogen (secondary N) is 1. The molecule has 0 saturated heterocycles. The predicted molar refractivity (Wildman–Crippen MR) is 124 cm³/mol. The first-order chi connectivity index (χ1) is 15.1. The lowest BCUT2D eigenvalue weighted by molar-refractivity contribution is 0.480. The van der Waals surface area contributed by atoms with E-state index < -0.39 is 5.56 Å². The minimum Gasteiger partial charge on any atom is -0.505 e. The van der Waals surface area contributed by atoms with Gasteiger partial charge in [0.2, 0.25) is 0 Å². The minimum atomic E-state index is -0.457. The van der Waals surface area contributed by atoms with Gasteiger partial charge >= 0.3 is 0 Å². The normalized spacial score (nSPS) is 11.0. The zero-order valence-electron chi connectivity index (χ0n) is 16.0. The molecule has 5 nitrogen and oxygen atoms in total. The molecule has 31 heavy (non-hydrogen) atoms. The number of aromatic hydroxyl groups is 1. The van der Waals surface area contributed by atoms with E-state index in [1.807, 2.05) is 29.6 Å². The minimum absolute atomic E-state index is 0.0931. The first kappa shape index (κ1) is 19.2. The lowest BCUT2D eigenvalue weighted by Gasteiger charge is -2.11. The third kappa shape index (κ3) is 3.21. The van der Waals surface area contributed by atoms with E-state index in [1.54, 1.807) is 46.2 Å². The highest BCUT2D eigenvalue weighted by molar-refractivity contribution is 7.08.